The molecule has 0 aliphatic carbocycles. The summed E-state index contributed by atoms with van der Waals surface area (Å²) in [6.07, 6.45) is 1.47. The number of aromatic nitrogens is 2. The molecule has 3 rings (SSSR count). The van der Waals surface area contributed by atoms with Crippen molar-refractivity contribution in [2.75, 3.05) is 5.32 Å². The summed E-state index contributed by atoms with van der Waals surface area (Å²) in [6.45, 7) is 4.05. The van der Waals surface area contributed by atoms with Crippen LogP contribution in [0.2, 0.25) is 0 Å². The Hall–Kier alpha value is -3.02. The van der Waals surface area contributed by atoms with E-state index in [0.29, 0.717) is 36.5 Å². The summed E-state index contributed by atoms with van der Waals surface area (Å²) >= 11 is 0. The van der Waals surface area contributed by atoms with E-state index >= 15 is 0 Å². The Bertz CT molecular complexity index is 904. The zero-order chi connectivity index (χ0) is 18.5. The smallest absolute Gasteiger partial charge is 0.226 e. The predicted octanol–water partition coefficient (Wildman–Crippen LogP) is 4.45. The Morgan fingerprint density at radius 3 is 2.62 bits per heavy atom. The quantitative estimate of drug-likeness (QED) is 0.711. The minimum absolute atomic E-state index is 0.0495. The molecule has 0 radical (unpaired) electrons. The lowest BCUT2D eigenvalue weighted by Gasteiger charge is -2.07. The predicted molar refractivity (Wildman–Crippen MR) is 97.2 cm³/mol. The van der Waals surface area contributed by atoms with Gasteiger partial charge in [-0.3, -0.25) is 4.79 Å². The van der Waals surface area contributed by atoms with Gasteiger partial charge < -0.3 is 9.84 Å². The van der Waals surface area contributed by atoms with Crippen molar-refractivity contribution in [3.05, 3.63) is 65.3 Å². The maximum Gasteiger partial charge on any atom is 0.226 e. The average molecular weight is 353 g/mol. The lowest BCUT2D eigenvalue weighted by molar-refractivity contribution is -0.116. The Kier molecular flexibility index (Phi) is 5.41. The first-order chi connectivity index (χ1) is 12.5. The Balaban J connectivity index is 1.49. The van der Waals surface area contributed by atoms with Crippen LogP contribution in [0.3, 0.4) is 0 Å². The number of anilines is 1. The number of benzene rings is 2. The second-order valence-corrected chi connectivity index (χ2v) is 6.22. The third kappa shape index (κ3) is 4.53. The van der Waals surface area contributed by atoms with Crippen molar-refractivity contribution in [3.63, 3.8) is 0 Å². The van der Waals surface area contributed by atoms with Gasteiger partial charge in [-0.15, -0.1) is 0 Å². The normalized spacial score (nSPS) is 10.7. The van der Waals surface area contributed by atoms with Crippen LogP contribution in [0.15, 0.2) is 47.0 Å². The van der Waals surface area contributed by atoms with Gasteiger partial charge in [0.15, 0.2) is 0 Å². The third-order valence-electron chi connectivity index (χ3n) is 4.16. The molecule has 0 unspecified atom stereocenters. The monoisotopic (exact) mass is 353 g/mol. The van der Waals surface area contributed by atoms with Crippen LogP contribution in [-0.2, 0) is 11.2 Å². The average Bonchev–Trinajstić information content (AvgIpc) is 3.08. The highest BCUT2D eigenvalue weighted by atomic mass is 19.1. The van der Waals surface area contributed by atoms with Crippen molar-refractivity contribution < 1.29 is 13.7 Å². The van der Waals surface area contributed by atoms with Gasteiger partial charge in [0.25, 0.3) is 0 Å². The van der Waals surface area contributed by atoms with Crippen LogP contribution in [-0.4, -0.2) is 16.0 Å². The van der Waals surface area contributed by atoms with Crippen molar-refractivity contribution >= 4 is 11.6 Å². The highest BCUT2D eigenvalue weighted by Gasteiger charge is 2.10. The first-order valence-electron chi connectivity index (χ1n) is 8.47. The van der Waals surface area contributed by atoms with Crippen molar-refractivity contribution in [2.45, 2.75) is 33.1 Å². The fraction of sp³-hybridized carbons (Fsp3) is 0.250. The van der Waals surface area contributed by atoms with E-state index in [2.05, 4.69) is 15.5 Å². The number of nitrogens with zero attached hydrogens (tertiary/aromatic N) is 2. The summed E-state index contributed by atoms with van der Waals surface area (Å²) in [5, 5.41) is 6.78. The zero-order valence-electron chi connectivity index (χ0n) is 14.8. The molecule has 0 saturated heterocycles. The van der Waals surface area contributed by atoms with Crippen LogP contribution in [0.5, 0.6) is 0 Å². The Labute approximate surface area is 151 Å². The molecule has 0 aliphatic heterocycles. The van der Waals surface area contributed by atoms with Gasteiger partial charge in [-0.2, -0.15) is 4.98 Å². The molecular weight excluding hydrogens is 333 g/mol. The SMILES string of the molecule is Cc1ccc(NC(=O)CCCc2nc(-c3ccc(F)cc3)no2)cc1C. The molecule has 0 aliphatic rings. The lowest BCUT2D eigenvalue weighted by atomic mass is 10.1. The second-order valence-electron chi connectivity index (χ2n) is 6.22. The van der Waals surface area contributed by atoms with E-state index in [0.717, 1.165) is 11.3 Å². The van der Waals surface area contributed by atoms with Crippen LogP contribution >= 0.6 is 0 Å². The highest BCUT2D eigenvalue weighted by molar-refractivity contribution is 5.90. The minimum Gasteiger partial charge on any atom is -0.339 e. The Morgan fingerprint density at radius 2 is 1.88 bits per heavy atom. The van der Waals surface area contributed by atoms with Crippen molar-refractivity contribution in [1.82, 2.24) is 10.1 Å². The number of aryl methyl sites for hydroxylation is 3. The summed E-state index contributed by atoms with van der Waals surface area (Å²) in [5.74, 6) is 0.515. The summed E-state index contributed by atoms with van der Waals surface area (Å²) < 4.78 is 18.1. The molecule has 0 fully saturated rings. The van der Waals surface area contributed by atoms with E-state index in [1.165, 1.54) is 17.7 Å². The van der Waals surface area contributed by atoms with Crippen LogP contribution in [0.1, 0.15) is 29.9 Å². The van der Waals surface area contributed by atoms with E-state index in [1.807, 2.05) is 32.0 Å². The number of hydrogen-bond donors (Lipinski definition) is 1. The topological polar surface area (TPSA) is 68.0 Å². The zero-order valence-corrected chi connectivity index (χ0v) is 14.8. The summed E-state index contributed by atoms with van der Waals surface area (Å²) in [4.78, 5) is 16.3. The first kappa shape index (κ1) is 17.8. The van der Waals surface area contributed by atoms with Crippen molar-refractivity contribution in [2.24, 2.45) is 0 Å². The number of carbonyl (C=O) groups excluding carboxylic acids is 1. The summed E-state index contributed by atoms with van der Waals surface area (Å²) in [7, 11) is 0. The number of amides is 1. The molecule has 6 heteroatoms. The molecule has 5 nitrogen and oxygen atoms in total. The minimum atomic E-state index is -0.313. The summed E-state index contributed by atoms with van der Waals surface area (Å²) in [5.41, 5.74) is 3.82. The summed E-state index contributed by atoms with van der Waals surface area (Å²) in [6, 6.07) is 11.7. The van der Waals surface area contributed by atoms with Crippen LogP contribution in [0.25, 0.3) is 11.4 Å². The van der Waals surface area contributed by atoms with Gasteiger partial charge >= 0.3 is 0 Å². The molecule has 2 aromatic carbocycles. The third-order valence-corrected chi connectivity index (χ3v) is 4.16. The van der Waals surface area contributed by atoms with E-state index in [-0.39, 0.29) is 11.7 Å². The van der Waals surface area contributed by atoms with Gasteiger partial charge in [0.1, 0.15) is 5.82 Å². The van der Waals surface area contributed by atoms with Gasteiger partial charge in [0, 0.05) is 24.1 Å². The highest BCUT2D eigenvalue weighted by Crippen LogP contribution is 2.17. The second kappa shape index (κ2) is 7.91. The van der Waals surface area contributed by atoms with Crippen LogP contribution in [0.4, 0.5) is 10.1 Å². The van der Waals surface area contributed by atoms with Gasteiger partial charge in [-0.05, 0) is 67.8 Å². The molecule has 1 N–H and O–H groups in total. The molecule has 134 valence electrons. The van der Waals surface area contributed by atoms with Gasteiger partial charge in [0.05, 0.1) is 0 Å². The number of halogens is 1. The first-order valence-corrected chi connectivity index (χ1v) is 8.47. The van der Waals surface area contributed by atoms with Crippen molar-refractivity contribution in [1.29, 1.82) is 0 Å². The molecule has 1 heterocycles. The van der Waals surface area contributed by atoms with Crippen LogP contribution in [0, 0.1) is 19.7 Å². The fourth-order valence-corrected chi connectivity index (χ4v) is 2.52. The maximum atomic E-state index is 12.9. The fourth-order valence-electron chi connectivity index (χ4n) is 2.52. The number of carbonyl (C=O) groups is 1. The number of nitrogens with one attached hydrogen (secondary N) is 1. The Morgan fingerprint density at radius 1 is 1.12 bits per heavy atom. The number of hydrogen-bond acceptors (Lipinski definition) is 4. The van der Waals surface area contributed by atoms with E-state index in [4.69, 9.17) is 4.52 Å². The molecule has 26 heavy (non-hydrogen) atoms. The molecule has 1 amide bonds. The van der Waals surface area contributed by atoms with Gasteiger partial charge in [0.2, 0.25) is 17.6 Å². The standard InChI is InChI=1S/C20H20FN3O2/c1-13-6-11-17(12-14(13)2)22-18(25)4-3-5-19-23-20(24-26-19)15-7-9-16(21)10-8-15/h6-12H,3-5H2,1-2H3,(H,22,25). The van der Waals surface area contributed by atoms with E-state index in [1.54, 1.807) is 12.1 Å². The molecule has 0 atom stereocenters. The van der Waals surface area contributed by atoms with E-state index < -0.39 is 0 Å². The number of rotatable bonds is 6. The molecule has 3 aromatic rings. The lowest BCUT2D eigenvalue weighted by Crippen LogP contribution is -2.11. The molecule has 0 saturated carbocycles. The van der Waals surface area contributed by atoms with Crippen molar-refractivity contribution in [3.8, 4) is 11.4 Å². The van der Waals surface area contributed by atoms with Gasteiger partial charge in [-0.25, -0.2) is 4.39 Å². The largest absolute Gasteiger partial charge is 0.339 e. The molecular formula is C20H20FN3O2. The maximum absolute atomic E-state index is 12.9. The van der Waals surface area contributed by atoms with E-state index in [9.17, 15) is 9.18 Å². The van der Waals surface area contributed by atoms with Crippen LogP contribution < -0.4 is 5.32 Å². The molecule has 0 bridgehead atoms. The molecule has 1 aromatic heterocycles. The molecule has 0 spiro atoms. The van der Waals surface area contributed by atoms with Gasteiger partial charge in [-0.1, -0.05) is 11.2 Å².